The fraction of sp³-hybridized carbons (Fsp3) is 0.286. The molecule has 2 aromatic heterocycles. The summed E-state index contributed by atoms with van der Waals surface area (Å²) in [5, 5.41) is 8.41. The van der Waals surface area contributed by atoms with Crippen LogP contribution in [0.1, 0.15) is 46.1 Å². The molecule has 0 bridgehead atoms. The van der Waals surface area contributed by atoms with Gasteiger partial charge in [-0.15, -0.1) is 11.3 Å². The van der Waals surface area contributed by atoms with Crippen molar-refractivity contribution in [3.8, 4) is 11.3 Å². The van der Waals surface area contributed by atoms with Crippen molar-refractivity contribution in [3.63, 3.8) is 0 Å². The van der Waals surface area contributed by atoms with Crippen molar-refractivity contribution in [3.05, 3.63) is 62.1 Å². The number of amides is 1. The second-order valence-corrected chi connectivity index (χ2v) is 9.36. The van der Waals surface area contributed by atoms with E-state index in [2.05, 4.69) is 17.6 Å². The van der Waals surface area contributed by atoms with Gasteiger partial charge in [-0.05, 0) is 61.1 Å². The number of hydrogen-bond donors (Lipinski definition) is 2. The first-order valence-electron chi connectivity index (χ1n) is 9.26. The second-order valence-electron chi connectivity index (χ2n) is 7.44. The molecule has 1 amide bonds. The number of hydrogen-bond acceptors (Lipinski definition) is 4. The minimum Gasteiger partial charge on any atom is -0.457 e. The lowest BCUT2D eigenvalue weighted by Gasteiger charge is -2.25. The van der Waals surface area contributed by atoms with Gasteiger partial charge in [0.1, 0.15) is 16.5 Å². The van der Waals surface area contributed by atoms with Crippen molar-refractivity contribution < 1.29 is 9.21 Å². The summed E-state index contributed by atoms with van der Waals surface area (Å²) in [6.07, 6.45) is 2.77. The molecule has 144 valence electrons. The van der Waals surface area contributed by atoms with Crippen molar-refractivity contribution in [2.24, 2.45) is 5.92 Å². The second kappa shape index (κ2) is 6.83. The number of carbonyl (C=O) groups excluding carboxylic acids is 1. The first-order valence-corrected chi connectivity index (χ1v) is 10.8. The monoisotopic (exact) mass is 432 g/mol. The highest BCUT2D eigenvalue weighted by atomic mass is 35.5. The molecule has 1 aromatic carbocycles. The van der Waals surface area contributed by atoms with Gasteiger partial charge in [0.2, 0.25) is 0 Å². The summed E-state index contributed by atoms with van der Waals surface area (Å²) in [5.41, 5.74) is 2.88. The highest BCUT2D eigenvalue weighted by Crippen LogP contribution is 2.43. The molecule has 28 heavy (non-hydrogen) atoms. The number of halogens is 2. The number of carbonyl (C=O) groups is 1. The lowest BCUT2D eigenvalue weighted by Crippen LogP contribution is -2.38. The van der Waals surface area contributed by atoms with E-state index in [1.165, 1.54) is 10.4 Å². The summed E-state index contributed by atoms with van der Waals surface area (Å²) in [7, 11) is 0. The highest BCUT2D eigenvalue weighted by molar-refractivity contribution is 7.16. The van der Waals surface area contributed by atoms with Crippen LogP contribution in [0, 0.1) is 5.92 Å². The minimum absolute atomic E-state index is 0.0294. The molecule has 0 radical (unpaired) electrons. The maximum atomic E-state index is 12.8. The van der Waals surface area contributed by atoms with Gasteiger partial charge in [-0.1, -0.05) is 30.1 Å². The van der Waals surface area contributed by atoms with Crippen LogP contribution < -0.4 is 10.6 Å². The van der Waals surface area contributed by atoms with Gasteiger partial charge in [0, 0.05) is 10.4 Å². The van der Waals surface area contributed by atoms with Gasteiger partial charge in [-0.3, -0.25) is 4.79 Å². The lowest BCUT2D eigenvalue weighted by atomic mass is 9.88. The normalized spacial score (nSPS) is 20.9. The molecular formula is C21H18Cl2N2O2S. The van der Waals surface area contributed by atoms with Crippen LogP contribution in [-0.2, 0) is 12.8 Å². The van der Waals surface area contributed by atoms with E-state index >= 15 is 0 Å². The number of rotatable bonds is 2. The Kier molecular flexibility index (Phi) is 4.42. The average molecular weight is 433 g/mol. The SMILES string of the molecule is CC1CCc2c(sc3c2C(=O)NC(c2ccc(-c4ccc(Cl)c(Cl)c4)o2)N3)C1. The molecule has 3 aromatic rings. The number of fused-ring (bicyclic) bond motifs is 3. The molecule has 2 atom stereocenters. The zero-order chi connectivity index (χ0) is 19.4. The fourth-order valence-electron chi connectivity index (χ4n) is 3.92. The number of furan rings is 1. The molecule has 7 heteroatoms. The van der Waals surface area contributed by atoms with Crippen molar-refractivity contribution >= 4 is 45.4 Å². The Labute approximate surface area is 176 Å². The largest absolute Gasteiger partial charge is 0.457 e. The Morgan fingerprint density at radius 1 is 1.14 bits per heavy atom. The molecular weight excluding hydrogens is 415 g/mol. The molecule has 0 saturated heterocycles. The van der Waals surface area contributed by atoms with E-state index in [9.17, 15) is 4.79 Å². The van der Waals surface area contributed by atoms with E-state index in [1.807, 2.05) is 18.2 Å². The lowest BCUT2D eigenvalue weighted by molar-refractivity contribution is 0.0930. The zero-order valence-electron chi connectivity index (χ0n) is 15.1. The summed E-state index contributed by atoms with van der Waals surface area (Å²) in [6, 6.07) is 9.11. The third-order valence-electron chi connectivity index (χ3n) is 5.41. The molecule has 1 aliphatic carbocycles. The third-order valence-corrected chi connectivity index (χ3v) is 7.33. The van der Waals surface area contributed by atoms with Crippen molar-refractivity contribution in [1.29, 1.82) is 0 Å². The molecule has 0 saturated carbocycles. The molecule has 0 fully saturated rings. The summed E-state index contributed by atoms with van der Waals surface area (Å²) in [5.74, 6) is 1.97. The summed E-state index contributed by atoms with van der Waals surface area (Å²) in [4.78, 5) is 14.2. The predicted molar refractivity (Wildman–Crippen MR) is 114 cm³/mol. The summed E-state index contributed by atoms with van der Waals surface area (Å²) >= 11 is 13.8. The Balaban J connectivity index is 1.44. The van der Waals surface area contributed by atoms with Gasteiger partial charge in [0.25, 0.3) is 5.91 Å². The van der Waals surface area contributed by atoms with E-state index in [0.717, 1.165) is 35.4 Å². The van der Waals surface area contributed by atoms with Crippen LogP contribution in [0.15, 0.2) is 34.7 Å². The van der Waals surface area contributed by atoms with Gasteiger partial charge in [-0.25, -0.2) is 0 Å². The maximum absolute atomic E-state index is 12.8. The van der Waals surface area contributed by atoms with Gasteiger partial charge in [-0.2, -0.15) is 0 Å². The Morgan fingerprint density at radius 2 is 2.00 bits per heavy atom. The fourth-order valence-corrected chi connectivity index (χ4v) is 5.65. The van der Waals surface area contributed by atoms with Crippen molar-refractivity contribution in [1.82, 2.24) is 5.32 Å². The van der Waals surface area contributed by atoms with Crippen LogP contribution >= 0.6 is 34.5 Å². The first-order chi connectivity index (χ1) is 13.5. The van der Waals surface area contributed by atoms with Crippen molar-refractivity contribution in [2.75, 3.05) is 5.32 Å². The molecule has 2 unspecified atom stereocenters. The summed E-state index contributed by atoms with van der Waals surface area (Å²) < 4.78 is 6.01. The van der Waals surface area contributed by atoms with Crippen LogP contribution in [0.2, 0.25) is 10.0 Å². The van der Waals surface area contributed by atoms with Gasteiger partial charge < -0.3 is 15.1 Å². The molecule has 0 spiro atoms. The highest BCUT2D eigenvalue weighted by Gasteiger charge is 2.34. The Bertz CT molecular complexity index is 1090. The first kappa shape index (κ1) is 18.1. The predicted octanol–water partition coefficient (Wildman–Crippen LogP) is 6.29. The minimum atomic E-state index is -0.394. The Morgan fingerprint density at radius 3 is 2.82 bits per heavy atom. The third kappa shape index (κ3) is 3.02. The maximum Gasteiger partial charge on any atom is 0.256 e. The van der Waals surface area contributed by atoms with Crippen LogP contribution in [0.3, 0.4) is 0 Å². The smallest absolute Gasteiger partial charge is 0.256 e. The van der Waals surface area contributed by atoms with E-state index < -0.39 is 6.17 Å². The van der Waals surface area contributed by atoms with Gasteiger partial charge in [0.15, 0.2) is 6.17 Å². The number of nitrogens with one attached hydrogen (secondary N) is 2. The molecule has 2 aliphatic rings. The van der Waals surface area contributed by atoms with Gasteiger partial charge >= 0.3 is 0 Å². The molecule has 3 heterocycles. The van der Waals surface area contributed by atoms with E-state index in [1.54, 1.807) is 23.5 Å². The van der Waals surface area contributed by atoms with E-state index in [4.69, 9.17) is 27.6 Å². The summed E-state index contributed by atoms with van der Waals surface area (Å²) in [6.45, 7) is 2.27. The van der Waals surface area contributed by atoms with Crippen LogP contribution in [0.5, 0.6) is 0 Å². The van der Waals surface area contributed by atoms with E-state index in [-0.39, 0.29) is 5.91 Å². The van der Waals surface area contributed by atoms with Crippen LogP contribution in [-0.4, -0.2) is 5.91 Å². The molecule has 1 aliphatic heterocycles. The molecule has 5 rings (SSSR count). The van der Waals surface area contributed by atoms with Crippen molar-refractivity contribution in [2.45, 2.75) is 32.4 Å². The number of anilines is 1. The van der Waals surface area contributed by atoms with E-state index in [0.29, 0.717) is 27.5 Å². The van der Waals surface area contributed by atoms with Crippen LogP contribution in [0.25, 0.3) is 11.3 Å². The quantitative estimate of drug-likeness (QED) is 0.499. The zero-order valence-corrected chi connectivity index (χ0v) is 17.5. The van der Waals surface area contributed by atoms with Gasteiger partial charge in [0.05, 0.1) is 15.6 Å². The standard InChI is InChI=1S/C21H18Cl2N2O2S/c1-10-2-4-12-17(8-10)28-21-18(12)20(26)24-19(25-21)16-7-6-15(27-16)11-3-5-13(22)14(23)9-11/h3,5-7,9-10,19,25H,2,4,8H2,1H3,(H,24,26). The average Bonchev–Trinajstić information content (AvgIpc) is 3.28. The Hall–Kier alpha value is -1.95. The molecule has 2 N–H and O–H groups in total. The van der Waals surface area contributed by atoms with Crippen LogP contribution in [0.4, 0.5) is 5.00 Å². The topological polar surface area (TPSA) is 54.3 Å². The number of thiophene rings is 1. The number of benzene rings is 1. The molecule has 4 nitrogen and oxygen atoms in total.